The number of aromatic nitrogens is 2. The number of aromatic amines is 2. The third-order valence-electron chi connectivity index (χ3n) is 2.26. The second kappa shape index (κ2) is 4.99. The molecule has 84 valence electrons. The molecule has 0 bridgehead atoms. The van der Waals surface area contributed by atoms with Crippen molar-refractivity contribution in [3.05, 3.63) is 27.0 Å². The van der Waals surface area contributed by atoms with Gasteiger partial charge in [-0.2, -0.15) is 0 Å². The number of halogens is 1. The molecule has 0 spiro atoms. The molecule has 0 radical (unpaired) electrons. The van der Waals surface area contributed by atoms with Gasteiger partial charge in [0.05, 0.1) is 0 Å². The molecule has 1 saturated heterocycles. The van der Waals surface area contributed by atoms with Gasteiger partial charge in [-0.25, -0.2) is 4.79 Å². The smallest absolute Gasteiger partial charge is 0.325 e. The molecule has 0 amide bonds. The van der Waals surface area contributed by atoms with Crippen LogP contribution in [0.25, 0.3) is 0 Å². The fourth-order valence-corrected chi connectivity index (χ4v) is 1.54. The molecule has 0 unspecified atom stereocenters. The molecule has 7 heteroatoms. The van der Waals surface area contributed by atoms with Crippen molar-refractivity contribution in [2.75, 3.05) is 31.1 Å². The number of piperazine rings is 1. The van der Waals surface area contributed by atoms with Crippen molar-refractivity contribution in [2.24, 2.45) is 0 Å². The molecule has 1 aromatic heterocycles. The minimum absolute atomic E-state index is 0. The molecular weight excluding hydrogens is 220 g/mol. The van der Waals surface area contributed by atoms with E-state index in [9.17, 15) is 9.59 Å². The number of anilines is 1. The molecule has 0 aliphatic carbocycles. The van der Waals surface area contributed by atoms with Crippen molar-refractivity contribution >= 4 is 18.1 Å². The minimum atomic E-state index is -0.464. The molecule has 0 aromatic carbocycles. The lowest BCUT2D eigenvalue weighted by atomic mass is 10.3. The SMILES string of the molecule is Cl.O=c1[nH]cc(N2CCNCC2)c(=O)[nH]1. The molecule has 1 aromatic rings. The standard InChI is InChI=1S/C8H12N4O2.ClH/c13-7-6(5-10-8(14)11-7)12-3-1-9-2-4-12;/h5,9H,1-4H2,(H2,10,11,13,14);1H. The largest absolute Gasteiger partial charge is 0.363 e. The summed E-state index contributed by atoms with van der Waals surface area (Å²) >= 11 is 0. The normalized spacial score (nSPS) is 15.9. The molecule has 0 saturated carbocycles. The number of rotatable bonds is 1. The van der Waals surface area contributed by atoms with Crippen LogP contribution in [0.5, 0.6) is 0 Å². The van der Waals surface area contributed by atoms with Gasteiger partial charge >= 0.3 is 5.69 Å². The van der Waals surface area contributed by atoms with E-state index in [2.05, 4.69) is 15.3 Å². The summed E-state index contributed by atoms with van der Waals surface area (Å²) in [6.07, 6.45) is 1.46. The maximum Gasteiger partial charge on any atom is 0.325 e. The van der Waals surface area contributed by atoms with Crippen LogP contribution in [0.1, 0.15) is 0 Å². The lowest BCUT2D eigenvalue weighted by Gasteiger charge is -2.28. The van der Waals surface area contributed by atoms with Crippen molar-refractivity contribution in [1.29, 1.82) is 0 Å². The van der Waals surface area contributed by atoms with E-state index in [1.807, 2.05) is 4.90 Å². The first kappa shape index (κ1) is 11.8. The van der Waals surface area contributed by atoms with E-state index in [1.165, 1.54) is 6.20 Å². The zero-order chi connectivity index (χ0) is 9.97. The predicted molar refractivity (Wildman–Crippen MR) is 60.0 cm³/mol. The van der Waals surface area contributed by atoms with E-state index >= 15 is 0 Å². The fourth-order valence-electron chi connectivity index (χ4n) is 1.54. The molecule has 1 aliphatic rings. The van der Waals surface area contributed by atoms with E-state index in [0.29, 0.717) is 5.69 Å². The van der Waals surface area contributed by atoms with Crippen molar-refractivity contribution in [1.82, 2.24) is 15.3 Å². The average molecular weight is 233 g/mol. The average Bonchev–Trinajstić information content (AvgIpc) is 2.19. The van der Waals surface area contributed by atoms with Gasteiger partial charge in [-0.1, -0.05) is 0 Å². The Kier molecular flexibility index (Phi) is 3.93. The van der Waals surface area contributed by atoms with E-state index in [-0.39, 0.29) is 18.0 Å². The molecule has 2 rings (SSSR count). The summed E-state index contributed by atoms with van der Waals surface area (Å²) in [5.41, 5.74) is -0.254. The third-order valence-corrected chi connectivity index (χ3v) is 2.26. The molecule has 15 heavy (non-hydrogen) atoms. The highest BCUT2D eigenvalue weighted by molar-refractivity contribution is 5.85. The third kappa shape index (κ3) is 2.60. The Morgan fingerprint density at radius 3 is 2.47 bits per heavy atom. The summed E-state index contributed by atoms with van der Waals surface area (Å²) in [6.45, 7) is 3.29. The zero-order valence-electron chi connectivity index (χ0n) is 8.08. The quantitative estimate of drug-likeness (QED) is 0.574. The highest BCUT2D eigenvalue weighted by atomic mass is 35.5. The van der Waals surface area contributed by atoms with Gasteiger partial charge in [-0.15, -0.1) is 12.4 Å². The maximum absolute atomic E-state index is 11.4. The lowest BCUT2D eigenvalue weighted by Crippen LogP contribution is -2.46. The van der Waals surface area contributed by atoms with Gasteiger partial charge < -0.3 is 15.2 Å². The fraction of sp³-hybridized carbons (Fsp3) is 0.500. The molecule has 1 aliphatic heterocycles. The lowest BCUT2D eigenvalue weighted by molar-refractivity contribution is 0.586. The first-order chi connectivity index (χ1) is 6.77. The summed E-state index contributed by atoms with van der Waals surface area (Å²) < 4.78 is 0. The minimum Gasteiger partial charge on any atom is -0.363 e. The van der Waals surface area contributed by atoms with Crippen LogP contribution < -0.4 is 21.5 Å². The van der Waals surface area contributed by atoms with Crippen molar-refractivity contribution in [3.8, 4) is 0 Å². The van der Waals surface area contributed by atoms with Gasteiger partial charge in [-0.05, 0) is 0 Å². The first-order valence-corrected chi connectivity index (χ1v) is 4.55. The summed E-state index contributed by atoms with van der Waals surface area (Å²) in [4.78, 5) is 28.8. The van der Waals surface area contributed by atoms with Crippen LogP contribution in [0.15, 0.2) is 15.8 Å². The van der Waals surface area contributed by atoms with Gasteiger partial charge in [0.15, 0.2) is 0 Å². The van der Waals surface area contributed by atoms with Crippen molar-refractivity contribution in [3.63, 3.8) is 0 Å². The van der Waals surface area contributed by atoms with E-state index in [0.717, 1.165) is 26.2 Å². The van der Waals surface area contributed by atoms with Gasteiger partial charge in [-0.3, -0.25) is 9.78 Å². The highest BCUT2D eigenvalue weighted by Crippen LogP contribution is 2.04. The number of H-pyrrole nitrogens is 2. The number of hydrogen-bond acceptors (Lipinski definition) is 4. The van der Waals surface area contributed by atoms with E-state index in [1.54, 1.807) is 0 Å². The molecule has 2 heterocycles. The number of nitrogens with one attached hydrogen (secondary N) is 3. The van der Waals surface area contributed by atoms with E-state index in [4.69, 9.17) is 0 Å². The Bertz CT molecular complexity index is 421. The molecular formula is C8H13ClN4O2. The topological polar surface area (TPSA) is 81.0 Å². The Morgan fingerprint density at radius 2 is 1.87 bits per heavy atom. The van der Waals surface area contributed by atoms with Crippen molar-refractivity contribution in [2.45, 2.75) is 0 Å². The van der Waals surface area contributed by atoms with Gasteiger partial charge in [0.2, 0.25) is 0 Å². The summed E-state index contributed by atoms with van der Waals surface area (Å²) in [5, 5.41) is 3.19. The maximum atomic E-state index is 11.4. The number of hydrogen-bond donors (Lipinski definition) is 3. The molecule has 3 N–H and O–H groups in total. The predicted octanol–water partition coefficient (Wildman–Crippen LogP) is -1.11. The Labute approximate surface area is 92.1 Å². The van der Waals surface area contributed by atoms with Crippen LogP contribution in [0.2, 0.25) is 0 Å². The first-order valence-electron chi connectivity index (χ1n) is 4.55. The second-order valence-electron chi connectivity index (χ2n) is 3.19. The van der Waals surface area contributed by atoms with Crippen LogP contribution in [-0.4, -0.2) is 36.1 Å². The van der Waals surface area contributed by atoms with Crippen LogP contribution in [0, 0.1) is 0 Å². The van der Waals surface area contributed by atoms with Crippen LogP contribution in [0.3, 0.4) is 0 Å². The van der Waals surface area contributed by atoms with Gasteiger partial charge in [0.25, 0.3) is 5.56 Å². The van der Waals surface area contributed by atoms with Crippen LogP contribution >= 0.6 is 12.4 Å². The highest BCUT2D eigenvalue weighted by Gasteiger charge is 2.13. The summed E-state index contributed by atoms with van der Waals surface area (Å²) in [5.74, 6) is 0. The summed E-state index contributed by atoms with van der Waals surface area (Å²) in [7, 11) is 0. The van der Waals surface area contributed by atoms with Crippen LogP contribution in [-0.2, 0) is 0 Å². The monoisotopic (exact) mass is 232 g/mol. The Hall–Kier alpha value is -1.27. The van der Waals surface area contributed by atoms with Crippen LogP contribution in [0.4, 0.5) is 5.69 Å². The second-order valence-corrected chi connectivity index (χ2v) is 3.19. The summed E-state index contributed by atoms with van der Waals surface area (Å²) in [6, 6.07) is 0. The van der Waals surface area contributed by atoms with E-state index < -0.39 is 5.69 Å². The van der Waals surface area contributed by atoms with Gasteiger partial charge in [0.1, 0.15) is 5.69 Å². The molecule has 6 nitrogen and oxygen atoms in total. The number of nitrogens with zero attached hydrogens (tertiary/aromatic N) is 1. The molecule has 0 atom stereocenters. The Morgan fingerprint density at radius 1 is 1.20 bits per heavy atom. The van der Waals surface area contributed by atoms with Gasteiger partial charge in [0, 0.05) is 32.4 Å². The Balaban J connectivity index is 0.00000112. The molecule has 1 fully saturated rings. The zero-order valence-corrected chi connectivity index (χ0v) is 8.89. The van der Waals surface area contributed by atoms with Crippen molar-refractivity contribution < 1.29 is 0 Å².